The molecule has 1 aliphatic rings. The average Bonchev–Trinajstić information content (AvgIpc) is 2.77. The number of H-pyrrole nitrogens is 1. The normalized spacial score (nSPS) is 24.2. The maximum absolute atomic E-state index is 12.2. The van der Waals surface area contributed by atoms with Crippen molar-refractivity contribution >= 4 is 11.7 Å². The van der Waals surface area contributed by atoms with Crippen LogP contribution in [-0.4, -0.2) is 22.1 Å². The summed E-state index contributed by atoms with van der Waals surface area (Å²) in [6.45, 7) is 6.30. The predicted octanol–water partition coefficient (Wildman–Crippen LogP) is 2.16. The van der Waals surface area contributed by atoms with Gasteiger partial charge in [0.2, 0.25) is 5.91 Å². The van der Waals surface area contributed by atoms with E-state index in [9.17, 15) is 4.79 Å². The van der Waals surface area contributed by atoms with Crippen molar-refractivity contribution in [3.63, 3.8) is 0 Å². The monoisotopic (exact) mass is 264 g/mol. The quantitative estimate of drug-likeness (QED) is 0.765. The number of carbonyl (C=O) groups is 1. The molecule has 1 saturated carbocycles. The summed E-state index contributed by atoms with van der Waals surface area (Å²) in [6.07, 6.45) is 4.02. The van der Waals surface area contributed by atoms with Gasteiger partial charge < -0.3 is 11.1 Å². The first kappa shape index (κ1) is 14.1. The van der Waals surface area contributed by atoms with Crippen molar-refractivity contribution in [3.05, 3.63) is 11.8 Å². The second kappa shape index (κ2) is 5.33. The number of nitrogens with one attached hydrogen (secondary N) is 2. The van der Waals surface area contributed by atoms with Crippen molar-refractivity contribution < 1.29 is 4.79 Å². The van der Waals surface area contributed by atoms with E-state index in [1.807, 2.05) is 6.07 Å². The molecule has 5 heteroatoms. The fourth-order valence-electron chi connectivity index (χ4n) is 2.47. The Hall–Kier alpha value is -1.36. The topological polar surface area (TPSA) is 83.8 Å². The van der Waals surface area contributed by atoms with Crippen molar-refractivity contribution in [2.24, 2.45) is 11.7 Å². The zero-order chi connectivity index (χ0) is 14.0. The van der Waals surface area contributed by atoms with Gasteiger partial charge in [0, 0.05) is 23.2 Å². The summed E-state index contributed by atoms with van der Waals surface area (Å²) in [5, 5.41) is 9.99. The Kier molecular flexibility index (Phi) is 3.94. The van der Waals surface area contributed by atoms with E-state index < -0.39 is 0 Å². The summed E-state index contributed by atoms with van der Waals surface area (Å²) in [4.78, 5) is 12.2. The lowest BCUT2D eigenvalue weighted by atomic mass is 9.84. The van der Waals surface area contributed by atoms with Crippen LogP contribution in [0.3, 0.4) is 0 Å². The molecule has 4 N–H and O–H groups in total. The van der Waals surface area contributed by atoms with Gasteiger partial charge in [-0.1, -0.05) is 33.6 Å². The Morgan fingerprint density at radius 1 is 1.42 bits per heavy atom. The number of anilines is 1. The number of rotatable bonds is 2. The number of amides is 1. The lowest BCUT2D eigenvalue weighted by molar-refractivity contribution is -0.121. The zero-order valence-electron chi connectivity index (χ0n) is 12.0. The van der Waals surface area contributed by atoms with Gasteiger partial charge in [0.1, 0.15) is 0 Å². The molecule has 1 aliphatic carbocycles. The first-order valence-corrected chi connectivity index (χ1v) is 7.00. The molecule has 1 amide bonds. The number of aromatic nitrogens is 2. The first-order valence-electron chi connectivity index (χ1n) is 7.00. The van der Waals surface area contributed by atoms with Crippen LogP contribution in [0.25, 0.3) is 0 Å². The van der Waals surface area contributed by atoms with Crippen LogP contribution in [0, 0.1) is 5.92 Å². The lowest BCUT2D eigenvalue weighted by Gasteiger charge is -2.27. The van der Waals surface area contributed by atoms with Crippen molar-refractivity contribution in [2.45, 2.75) is 57.9 Å². The van der Waals surface area contributed by atoms with E-state index in [4.69, 9.17) is 5.73 Å². The predicted molar refractivity (Wildman–Crippen MR) is 75.9 cm³/mol. The summed E-state index contributed by atoms with van der Waals surface area (Å²) < 4.78 is 0. The van der Waals surface area contributed by atoms with Crippen LogP contribution in [-0.2, 0) is 10.2 Å². The molecule has 0 aromatic carbocycles. The third kappa shape index (κ3) is 3.35. The zero-order valence-corrected chi connectivity index (χ0v) is 12.0. The maximum atomic E-state index is 12.2. The van der Waals surface area contributed by atoms with Crippen molar-refractivity contribution in [3.8, 4) is 0 Å². The molecule has 106 valence electrons. The molecule has 5 nitrogen and oxygen atoms in total. The van der Waals surface area contributed by atoms with Gasteiger partial charge >= 0.3 is 0 Å². The molecule has 0 radical (unpaired) electrons. The van der Waals surface area contributed by atoms with Crippen LogP contribution in [0.1, 0.15) is 52.1 Å². The van der Waals surface area contributed by atoms with Crippen molar-refractivity contribution in [2.75, 3.05) is 5.32 Å². The number of nitrogens with zero attached hydrogens (tertiary/aromatic N) is 1. The molecule has 0 bridgehead atoms. The van der Waals surface area contributed by atoms with Crippen molar-refractivity contribution in [1.29, 1.82) is 0 Å². The molecular weight excluding hydrogens is 240 g/mol. The van der Waals surface area contributed by atoms with Gasteiger partial charge in [-0.15, -0.1) is 0 Å². The fraction of sp³-hybridized carbons (Fsp3) is 0.714. The van der Waals surface area contributed by atoms with Gasteiger partial charge in [0.15, 0.2) is 5.82 Å². The summed E-state index contributed by atoms with van der Waals surface area (Å²) in [7, 11) is 0. The molecule has 2 unspecified atom stereocenters. The highest BCUT2D eigenvalue weighted by Crippen LogP contribution is 2.25. The van der Waals surface area contributed by atoms with E-state index in [0.29, 0.717) is 5.82 Å². The fourth-order valence-corrected chi connectivity index (χ4v) is 2.47. The molecule has 0 aliphatic heterocycles. The summed E-state index contributed by atoms with van der Waals surface area (Å²) in [5.74, 6) is 0.510. The van der Waals surface area contributed by atoms with E-state index in [0.717, 1.165) is 31.4 Å². The van der Waals surface area contributed by atoms with E-state index >= 15 is 0 Å². The maximum Gasteiger partial charge on any atom is 0.230 e. The second-order valence-electron chi connectivity index (χ2n) is 6.46. The molecule has 0 saturated heterocycles. The smallest absolute Gasteiger partial charge is 0.230 e. The molecular formula is C14H24N4O. The minimum atomic E-state index is -0.0801. The Labute approximate surface area is 114 Å². The molecule has 1 aromatic heterocycles. The number of nitrogens with two attached hydrogens (primary N) is 1. The van der Waals surface area contributed by atoms with Crippen LogP contribution >= 0.6 is 0 Å². The largest absolute Gasteiger partial charge is 0.327 e. The Morgan fingerprint density at radius 3 is 2.68 bits per heavy atom. The molecule has 1 fully saturated rings. The van der Waals surface area contributed by atoms with Gasteiger partial charge in [-0.3, -0.25) is 9.89 Å². The third-order valence-electron chi connectivity index (χ3n) is 3.79. The van der Waals surface area contributed by atoms with Crippen LogP contribution in [0.2, 0.25) is 0 Å². The van der Waals surface area contributed by atoms with E-state index in [1.54, 1.807) is 0 Å². The van der Waals surface area contributed by atoms with Crippen LogP contribution in [0.4, 0.5) is 5.82 Å². The third-order valence-corrected chi connectivity index (χ3v) is 3.79. The standard InChI is InChI=1S/C14H24N4O/c1-14(2,3)11-8-12(18-17-11)16-13(19)9-6-4-5-7-10(9)15/h8-10H,4-7,15H2,1-3H3,(H2,16,17,18,19). The van der Waals surface area contributed by atoms with Crippen LogP contribution in [0.15, 0.2) is 6.07 Å². The van der Waals surface area contributed by atoms with Crippen LogP contribution < -0.4 is 11.1 Å². The van der Waals surface area contributed by atoms with Gasteiger partial charge in [-0.05, 0) is 12.8 Å². The average molecular weight is 264 g/mol. The highest BCUT2D eigenvalue weighted by molar-refractivity contribution is 5.92. The minimum Gasteiger partial charge on any atom is -0.327 e. The van der Waals surface area contributed by atoms with E-state index in [2.05, 4.69) is 36.3 Å². The van der Waals surface area contributed by atoms with Gasteiger partial charge in [0.05, 0.1) is 5.92 Å². The summed E-state index contributed by atoms with van der Waals surface area (Å²) in [5.41, 5.74) is 7.03. The molecule has 19 heavy (non-hydrogen) atoms. The summed E-state index contributed by atoms with van der Waals surface area (Å²) in [6, 6.07) is 1.88. The number of carbonyl (C=O) groups excluding carboxylic acids is 1. The number of aromatic amines is 1. The summed E-state index contributed by atoms with van der Waals surface area (Å²) >= 11 is 0. The van der Waals surface area contributed by atoms with Crippen LogP contribution in [0.5, 0.6) is 0 Å². The minimum absolute atomic E-state index is 0.000779. The number of hydrogen-bond donors (Lipinski definition) is 3. The van der Waals surface area contributed by atoms with Gasteiger partial charge in [-0.25, -0.2) is 0 Å². The van der Waals surface area contributed by atoms with Gasteiger partial charge in [0.25, 0.3) is 0 Å². The Bertz CT molecular complexity index is 447. The van der Waals surface area contributed by atoms with E-state index in [1.165, 1.54) is 0 Å². The van der Waals surface area contributed by atoms with Gasteiger partial charge in [-0.2, -0.15) is 5.10 Å². The second-order valence-corrected chi connectivity index (χ2v) is 6.46. The molecule has 2 atom stereocenters. The number of hydrogen-bond acceptors (Lipinski definition) is 3. The highest BCUT2D eigenvalue weighted by Gasteiger charge is 2.28. The SMILES string of the molecule is CC(C)(C)c1cc(NC(=O)C2CCCCC2N)n[nH]1. The van der Waals surface area contributed by atoms with Crippen molar-refractivity contribution in [1.82, 2.24) is 10.2 Å². The Morgan fingerprint density at radius 2 is 2.11 bits per heavy atom. The molecule has 1 heterocycles. The highest BCUT2D eigenvalue weighted by atomic mass is 16.2. The first-order chi connectivity index (χ1) is 8.88. The van der Waals surface area contributed by atoms with E-state index in [-0.39, 0.29) is 23.3 Å². The molecule has 1 aromatic rings. The Balaban J connectivity index is 2.00. The molecule has 2 rings (SSSR count). The molecule has 0 spiro atoms. The lowest BCUT2D eigenvalue weighted by Crippen LogP contribution is -2.40.